The van der Waals surface area contributed by atoms with Crippen LogP contribution in [0.3, 0.4) is 0 Å². The lowest BCUT2D eigenvalue weighted by atomic mass is 10.2. The summed E-state index contributed by atoms with van der Waals surface area (Å²) in [5, 5.41) is 18.5. The van der Waals surface area contributed by atoms with Gasteiger partial charge in [-0.2, -0.15) is 5.10 Å². The number of anilines is 1. The number of rotatable bonds is 6. The van der Waals surface area contributed by atoms with E-state index in [-0.39, 0.29) is 5.75 Å². The molecule has 2 aromatic heterocycles. The molecule has 7 nitrogen and oxygen atoms in total. The van der Waals surface area contributed by atoms with E-state index in [9.17, 15) is 5.11 Å². The zero-order valence-electron chi connectivity index (χ0n) is 15.1. The second-order valence-corrected chi connectivity index (χ2v) is 7.33. The van der Waals surface area contributed by atoms with Gasteiger partial charge in [0.2, 0.25) is 0 Å². The maximum Gasteiger partial charge on any atom is 0.168 e. The van der Waals surface area contributed by atoms with Gasteiger partial charge in [0.15, 0.2) is 17.1 Å². The molecule has 0 spiro atoms. The summed E-state index contributed by atoms with van der Waals surface area (Å²) in [5.41, 5.74) is 2.66. The van der Waals surface area contributed by atoms with Gasteiger partial charge >= 0.3 is 0 Å². The zero-order valence-corrected chi connectivity index (χ0v) is 17.3. The summed E-state index contributed by atoms with van der Waals surface area (Å²) >= 11 is 2.28. The zero-order chi connectivity index (χ0) is 19.5. The molecule has 0 amide bonds. The van der Waals surface area contributed by atoms with Crippen molar-refractivity contribution in [2.24, 2.45) is 0 Å². The summed E-state index contributed by atoms with van der Waals surface area (Å²) in [7, 11) is 0. The second-order valence-electron chi connectivity index (χ2n) is 6.08. The molecular formula is C20H18IN5O2. The molecule has 2 heterocycles. The van der Waals surface area contributed by atoms with Gasteiger partial charge in [-0.05, 0) is 65.4 Å². The molecule has 0 aliphatic heterocycles. The van der Waals surface area contributed by atoms with E-state index in [1.54, 1.807) is 16.9 Å². The Balaban J connectivity index is 1.61. The molecule has 142 valence electrons. The largest absolute Gasteiger partial charge is 0.504 e. The van der Waals surface area contributed by atoms with Gasteiger partial charge in [-0.3, -0.25) is 0 Å². The van der Waals surface area contributed by atoms with Crippen LogP contribution in [-0.2, 0) is 6.54 Å². The van der Waals surface area contributed by atoms with Gasteiger partial charge in [-0.15, -0.1) is 0 Å². The SMILES string of the molecule is CCOc1cc(CNc2ncnc3c2cnn3-c2cccc(I)c2)ccc1O. The Kier molecular flexibility index (Phi) is 5.29. The van der Waals surface area contributed by atoms with Crippen LogP contribution in [0.1, 0.15) is 12.5 Å². The maximum atomic E-state index is 9.85. The molecule has 4 rings (SSSR count). The lowest BCUT2D eigenvalue weighted by molar-refractivity contribution is 0.318. The molecule has 0 fully saturated rings. The number of benzene rings is 2. The molecule has 0 aliphatic carbocycles. The molecule has 0 unspecified atom stereocenters. The number of ether oxygens (including phenoxy) is 1. The molecule has 4 aromatic rings. The van der Waals surface area contributed by atoms with E-state index < -0.39 is 0 Å². The summed E-state index contributed by atoms with van der Waals surface area (Å²) in [6, 6.07) is 13.4. The molecule has 0 saturated carbocycles. The van der Waals surface area contributed by atoms with Crippen LogP contribution in [0.15, 0.2) is 55.0 Å². The highest BCUT2D eigenvalue weighted by Gasteiger charge is 2.12. The van der Waals surface area contributed by atoms with Crippen molar-refractivity contribution in [3.8, 4) is 17.2 Å². The van der Waals surface area contributed by atoms with Crippen molar-refractivity contribution in [3.63, 3.8) is 0 Å². The average molecular weight is 487 g/mol. The summed E-state index contributed by atoms with van der Waals surface area (Å²) in [6.07, 6.45) is 3.29. The number of nitrogens with zero attached hydrogens (tertiary/aromatic N) is 4. The molecule has 2 N–H and O–H groups in total. The molecule has 28 heavy (non-hydrogen) atoms. The van der Waals surface area contributed by atoms with E-state index in [1.165, 1.54) is 6.33 Å². The average Bonchev–Trinajstić information content (AvgIpc) is 3.13. The molecule has 2 aromatic carbocycles. The van der Waals surface area contributed by atoms with Crippen LogP contribution in [0.25, 0.3) is 16.7 Å². The van der Waals surface area contributed by atoms with Gasteiger partial charge in [0, 0.05) is 10.1 Å². The highest BCUT2D eigenvalue weighted by molar-refractivity contribution is 14.1. The number of phenols is 1. The number of hydrogen-bond acceptors (Lipinski definition) is 6. The Morgan fingerprint density at radius 1 is 1.18 bits per heavy atom. The fraction of sp³-hybridized carbons (Fsp3) is 0.150. The van der Waals surface area contributed by atoms with Gasteiger partial charge in [-0.25, -0.2) is 14.6 Å². The van der Waals surface area contributed by atoms with Crippen LogP contribution in [0.4, 0.5) is 5.82 Å². The highest BCUT2D eigenvalue weighted by atomic mass is 127. The number of aromatic nitrogens is 4. The number of halogens is 1. The molecule has 0 aliphatic rings. The molecule has 0 bridgehead atoms. The summed E-state index contributed by atoms with van der Waals surface area (Å²) in [6.45, 7) is 2.91. The Labute approximate surface area is 175 Å². The first kappa shape index (κ1) is 18.5. The Bertz CT molecular complexity index is 1130. The van der Waals surface area contributed by atoms with Gasteiger partial charge in [0.25, 0.3) is 0 Å². The molecule has 0 atom stereocenters. The first-order valence-corrected chi connectivity index (χ1v) is 9.87. The fourth-order valence-corrected chi connectivity index (χ4v) is 3.43. The van der Waals surface area contributed by atoms with E-state index in [0.717, 1.165) is 25.9 Å². The van der Waals surface area contributed by atoms with Crippen LogP contribution < -0.4 is 10.1 Å². The fourth-order valence-electron chi connectivity index (χ4n) is 2.91. The third-order valence-electron chi connectivity index (χ3n) is 4.20. The lowest BCUT2D eigenvalue weighted by Crippen LogP contribution is -2.04. The topological polar surface area (TPSA) is 85.1 Å². The van der Waals surface area contributed by atoms with Gasteiger partial charge in [-0.1, -0.05) is 12.1 Å². The standard InChI is InChI=1S/C20H18IN5O2/c1-2-28-18-8-13(6-7-17(18)27)10-22-19-16-11-25-26(20(16)24-12-23-19)15-5-3-4-14(21)9-15/h3-9,11-12,27H,2,10H2,1H3,(H,22,23,24). The van der Waals surface area contributed by atoms with Crippen molar-refractivity contribution in [1.29, 1.82) is 0 Å². The number of fused-ring (bicyclic) bond motifs is 1. The van der Waals surface area contributed by atoms with Crippen LogP contribution in [0, 0.1) is 3.57 Å². The minimum Gasteiger partial charge on any atom is -0.504 e. The second kappa shape index (κ2) is 8.01. The minimum atomic E-state index is 0.133. The van der Waals surface area contributed by atoms with Crippen LogP contribution >= 0.6 is 22.6 Å². The van der Waals surface area contributed by atoms with E-state index in [0.29, 0.717) is 24.7 Å². The quantitative estimate of drug-likeness (QED) is 0.398. The Hall–Kier alpha value is -2.88. The molecule has 8 heteroatoms. The number of aromatic hydroxyl groups is 1. The highest BCUT2D eigenvalue weighted by Crippen LogP contribution is 2.28. The first-order valence-electron chi connectivity index (χ1n) is 8.79. The van der Waals surface area contributed by atoms with Crippen LogP contribution in [0.2, 0.25) is 0 Å². The summed E-state index contributed by atoms with van der Waals surface area (Å²) < 4.78 is 8.38. The normalized spacial score (nSPS) is 10.9. The van der Waals surface area contributed by atoms with Crippen molar-refractivity contribution in [2.75, 3.05) is 11.9 Å². The van der Waals surface area contributed by atoms with E-state index >= 15 is 0 Å². The smallest absolute Gasteiger partial charge is 0.168 e. The summed E-state index contributed by atoms with van der Waals surface area (Å²) in [4.78, 5) is 8.77. The predicted molar refractivity (Wildman–Crippen MR) is 116 cm³/mol. The number of hydrogen-bond donors (Lipinski definition) is 2. The number of nitrogens with one attached hydrogen (secondary N) is 1. The third-order valence-corrected chi connectivity index (χ3v) is 4.87. The van der Waals surface area contributed by atoms with Crippen LogP contribution in [0.5, 0.6) is 11.5 Å². The van der Waals surface area contributed by atoms with Crippen molar-refractivity contribution >= 4 is 39.4 Å². The summed E-state index contributed by atoms with van der Waals surface area (Å²) in [5.74, 6) is 1.31. The lowest BCUT2D eigenvalue weighted by Gasteiger charge is -2.10. The predicted octanol–water partition coefficient (Wildman–Crippen LogP) is 4.14. The molecule has 0 saturated heterocycles. The van der Waals surface area contributed by atoms with Gasteiger partial charge in [0.05, 0.1) is 23.9 Å². The van der Waals surface area contributed by atoms with Crippen molar-refractivity contribution in [2.45, 2.75) is 13.5 Å². The minimum absolute atomic E-state index is 0.133. The van der Waals surface area contributed by atoms with Crippen molar-refractivity contribution in [3.05, 3.63) is 64.1 Å². The van der Waals surface area contributed by atoms with Crippen molar-refractivity contribution < 1.29 is 9.84 Å². The molecular weight excluding hydrogens is 469 g/mol. The van der Waals surface area contributed by atoms with Crippen LogP contribution in [-0.4, -0.2) is 31.5 Å². The van der Waals surface area contributed by atoms with E-state index in [4.69, 9.17) is 4.74 Å². The Morgan fingerprint density at radius 3 is 2.89 bits per heavy atom. The first-order chi connectivity index (χ1) is 13.7. The van der Waals surface area contributed by atoms with E-state index in [2.05, 4.69) is 43.0 Å². The van der Waals surface area contributed by atoms with E-state index in [1.807, 2.05) is 43.3 Å². The third kappa shape index (κ3) is 3.72. The maximum absolute atomic E-state index is 9.85. The van der Waals surface area contributed by atoms with Crippen molar-refractivity contribution in [1.82, 2.24) is 19.7 Å². The Morgan fingerprint density at radius 2 is 2.07 bits per heavy atom. The molecule has 0 radical (unpaired) electrons. The monoisotopic (exact) mass is 487 g/mol. The van der Waals surface area contributed by atoms with Gasteiger partial charge in [0.1, 0.15) is 12.1 Å². The van der Waals surface area contributed by atoms with Gasteiger partial charge < -0.3 is 15.2 Å². The number of phenolic OH excluding ortho intramolecular Hbond substituents is 1.